The highest BCUT2D eigenvalue weighted by Crippen LogP contribution is 2.46. The van der Waals surface area contributed by atoms with Crippen LogP contribution in [-0.4, -0.2) is 12.7 Å². The summed E-state index contributed by atoms with van der Waals surface area (Å²) in [6.45, 7) is 2.91. The molecule has 0 N–H and O–H groups in total. The lowest BCUT2D eigenvalue weighted by Gasteiger charge is -2.42. The monoisotopic (exact) mass is 428 g/mol. The zero-order valence-corrected chi connectivity index (χ0v) is 18.0. The molecular formula is C26H27ClF2O. The Bertz CT molecular complexity index is 921. The molecule has 4 unspecified atom stereocenters. The van der Waals surface area contributed by atoms with E-state index in [1.165, 1.54) is 44.1 Å². The van der Waals surface area contributed by atoms with Crippen LogP contribution in [0, 0.1) is 35.3 Å². The summed E-state index contributed by atoms with van der Waals surface area (Å²) in [7, 11) is 0. The van der Waals surface area contributed by atoms with E-state index in [4.69, 9.17) is 16.3 Å². The van der Waals surface area contributed by atoms with Crippen LogP contribution in [0.4, 0.5) is 8.78 Å². The average Bonchev–Trinajstić information content (AvgIpc) is 2.76. The third-order valence-corrected chi connectivity index (χ3v) is 7.05. The molecule has 0 aromatic heterocycles. The van der Waals surface area contributed by atoms with Crippen LogP contribution in [0.2, 0.25) is 5.02 Å². The van der Waals surface area contributed by atoms with Gasteiger partial charge in [-0.25, -0.2) is 8.78 Å². The fourth-order valence-corrected chi connectivity index (χ4v) is 5.26. The zero-order chi connectivity index (χ0) is 21.1. The number of hydrogen-bond donors (Lipinski definition) is 0. The van der Waals surface area contributed by atoms with Gasteiger partial charge in [0.1, 0.15) is 16.7 Å². The van der Waals surface area contributed by atoms with Crippen molar-refractivity contribution >= 4 is 11.6 Å². The third-order valence-electron chi connectivity index (χ3n) is 6.68. The highest BCUT2D eigenvalue weighted by atomic mass is 35.5. The van der Waals surface area contributed by atoms with Crippen molar-refractivity contribution in [3.8, 4) is 11.8 Å². The Morgan fingerprint density at radius 2 is 1.53 bits per heavy atom. The Kier molecular flexibility index (Phi) is 6.76. The van der Waals surface area contributed by atoms with Crippen molar-refractivity contribution in [3.05, 3.63) is 69.7 Å². The van der Waals surface area contributed by atoms with Gasteiger partial charge in [0.15, 0.2) is 0 Å². The summed E-state index contributed by atoms with van der Waals surface area (Å²) in [6.07, 6.45) is 7.95. The minimum Gasteiger partial charge on any atom is -0.378 e. The second-order valence-electron chi connectivity index (χ2n) is 8.55. The normalized spacial score (nSPS) is 25.9. The molecule has 1 nitrogen and oxygen atoms in total. The summed E-state index contributed by atoms with van der Waals surface area (Å²) in [5.41, 5.74) is 2.48. The minimum absolute atomic E-state index is 0.277. The van der Waals surface area contributed by atoms with E-state index in [-0.39, 0.29) is 5.56 Å². The van der Waals surface area contributed by atoms with Gasteiger partial charge >= 0.3 is 0 Å². The zero-order valence-electron chi connectivity index (χ0n) is 17.3. The number of ether oxygens (including phenoxy) is 1. The van der Waals surface area contributed by atoms with Crippen molar-refractivity contribution < 1.29 is 13.5 Å². The van der Waals surface area contributed by atoms with Gasteiger partial charge in [0.25, 0.3) is 0 Å². The SMILES string of the molecule is CCOC1CCC2CC(c3ccc(C#Cc4cc(F)c(Cl)c(F)c4)cc3)CCC2C1. The molecule has 0 aliphatic heterocycles. The van der Waals surface area contributed by atoms with Crippen molar-refractivity contribution in [2.75, 3.05) is 6.61 Å². The Balaban J connectivity index is 1.39. The minimum atomic E-state index is -0.790. The highest BCUT2D eigenvalue weighted by Gasteiger charge is 2.36. The van der Waals surface area contributed by atoms with E-state index < -0.39 is 16.7 Å². The van der Waals surface area contributed by atoms with Crippen molar-refractivity contribution in [1.82, 2.24) is 0 Å². The van der Waals surface area contributed by atoms with Crippen LogP contribution in [0.15, 0.2) is 36.4 Å². The maximum absolute atomic E-state index is 13.6. The molecule has 2 saturated carbocycles. The first-order valence-electron chi connectivity index (χ1n) is 10.9. The number of benzene rings is 2. The molecular weight excluding hydrogens is 402 g/mol. The Morgan fingerprint density at radius 3 is 2.23 bits per heavy atom. The number of hydrogen-bond acceptors (Lipinski definition) is 1. The van der Waals surface area contributed by atoms with E-state index in [1.807, 2.05) is 12.1 Å². The van der Waals surface area contributed by atoms with Crippen molar-refractivity contribution in [3.63, 3.8) is 0 Å². The van der Waals surface area contributed by atoms with Gasteiger partial charge < -0.3 is 4.74 Å². The van der Waals surface area contributed by atoms with Crippen LogP contribution in [0.5, 0.6) is 0 Å². The molecule has 0 radical (unpaired) electrons. The summed E-state index contributed by atoms with van der Waals surface area (Å²) in [5.74, 6) is 6.47. The van der Waals surface area contributed by atoms with Crippen LogP contribution in [-0.2, 0) is 4.74 Å². The topological polar surface area (TPSA) is 9.23 Å². The highest BCUT2D eigenvalue weighted by molar-refractivity contribution is 6.30. The molecule has 4 heteroatoms. The molecule has 2 aliphatic rings. The van der Waals surface area contributed by atoms with Gasteiger partial charge in [-0.3, -0.25) is 0 Å². The molecule has 158 valence electrons. The number of halogens is 3. The van der Waals surface area contributed by atoms with E-state index in [1.54, 1.807) is 0 Å². The first kappa shape index (κ1) is 21.3. The maximum atomic E-state index is 13.6. The van der Waals surface area contributed by atoms with Crippen LogP contribution < -0.4 is 0 Å². The van der Waals surface area contributed by atoms with Crippen molar-refractivity contribution in [1.29, 1.82) is 0 Å². The summed E-state index contributed by atoms with van der Waals surface area (Å²) < 4.78 is 33.0. The van der Waals surface area contributed by atoms with Gasteiger partial charge in [-0.2, -0.15) is 0 Å². The lowest BCUT2D eigenvalue weighted by Crippen LogP contribution is -2.33. The van der Waals surface area contributed by atoms with Gasteiger partial charge in [0, 0.05) is 17.7 Å². The summed E-state index contributed by atoms with van der Waals surface area (Å²) >= 11 is 5.52. The average molecular weight is 429 g/mol. The molecule has 4 atom stereocenters. The first-order chi connectivity index (χ1) is 14.5. The Labute approximate surface area is 182 Å². The van der Waals surface area contributed by atoms with Crippen LogP contribution in [0.3, 0.4) is 0 Å². The van der Waals surface area contributed by atoms with Gasteiger partial charge in [-0.15, -0.1) is 0 Å². The largest absolute Gasteiger partial charge is 0.378 e. The molecule has 2 aromatic carbocycles. The molecule has 4 rings (SSSR count). The lowest BCUT2D eigenvalue weighted by molar-refractivity contribution is -0.00955. The molecule has 0 bridgehead atoms. The van der Waals surface area contributed by atoms with E-state index in [9.17, 15) is 8.78 Å². The second-order valence-corrected chi connectivity index (χ2v) is 8.92. The maximum Gasteiger partial charge on any atom is 0.146 e. The Hall–Kier alpha value is -1.89. The standard InChI is InChI=1S/C26H27ClF2O/c1-2-30-23-12-11-21-15-20(9-10-22(21)16-23)19-7-5-17(6-8-19)3-4-18-13-24(28)26(27)25(29)14-18/h5-8,13-14,20-23H,2,9-12,15-16H2,1H3. The predicted molar refractivity (Wildman–Crippen MR) is 117 cm³/mol. The molecule has 2 fully saturated rings. The third kappa shape index (κ3) is 4.88. The molecule has 2 aliphatic carbocycles. The number of fused-ring (bicyclic) bond motifs is 1. The van der Waals surface area contributed by atoms with Crippen molar-refractivity contribution in [2.45, 2.75) is 57.5 Å². The Morgan fingerprint density at radius 1 is 0.900 bits per heavy atom. The van der Waals surface area contributed by atoms with Gasteiger partial charge in [0.05, 0.1) is 6.10 Å². The summed E-state index contributed by atoms with van der Waals surface area (Å²) in [4.78, 5) is 0. The smallest absolute Gasteiger partial charge is 0.146 e. The van der Waals surface area contributed by atoms with E-state index >= 15 is 0 Å². The number of rotatable bonds is 3. The first-order valence-corrected chi connectivity index (χ1v) is 11.3. The van der Waals surface area contributed by atoms with E-state index in [2.05, 4.69) is 30.9 Å². The molecule has 2 aromatic rings. The lowest BCUT2D eigenvalue weighted by atomic mass is 9.65. The fourth-order valence-electron chi connectivity index (χ4n) is 5.15. The van der Waals surface area contributed by atoms with Gasteiger partial charge in [0.2, 0.25) is 0 Å². The summed E-state index contributed by atoms with van der Waals surface area (Å²) in [6, 6.07) is 10.6. The van der Waals surface area contributed by atoms with Gasteiger partial charge in [-0.05, 0) is 93.0 Å². The van der Waals surface area contributed by atoms with E-state index in [0.717, 1.165) is 36.1 Å². The van der Waals surface area contributed by atoms with Crippen LogP contribution >= 0.6 is 11.6 Å². The fraction of sp³-hybridized carbons (Fsp3) is 0.462. The van der Waals surface area contributed by atoms with Crippen LogP contribution in [0.25, 0.3) is 0 Å². The molecule has 0 heterocycles. The van der Waals surface area contributed by atoms with Gasteiger partial charge in [-0.1, -0.05) is 35.6 Å². The molecule has 0 spiro atoms. The van der Waals surface area contributed by atoms with Crippen LogP contribution in [0.1, 0.15) is 68.1 Å². The molecule has 30 heavy (non-hydrogen) atoms. The predicted octanol–water partition coefficient (Wildman–Crippen LogP) is 7.11. The summed E-state index contributed by atoms with van der Waals surface area (Å²) in [5, 5.41) is -0.494. The molecule has 0 saturated heterocycles. The van der Waals surface area contributed by atoms with Crippen molar-refractivity contribution in [2.24, 2.45) is 11.8 Å². The van der Waals surface area contributed by atoms with E-state index in [0.29, 0.717) is 12.0 Å². The quantitative estimate of drug-likeness (QED) is 0.374. The second kappa shape index (κ2) is 9.50. The molecule has 0 amide bonds.